The van der Waals surface area contributed by atoms with Gasteiger partial charge in [-0.1, -0.05) is 13.0 Å². The molecule has 0 unspecified atom stereocenters. The van der Waals surface area contributed by atoms with Crippen molar-refractivity contribution in [3.8, 4) is 0 Å². The van der Waals surface area contributed by atoms with Crippen LogP contribution in [0.25, 0.3) is 5.53 Å². The summed E-state index contributed by atoms with van der Waals surface area (Å²) in [5, 5.41) is 0. The van der Waals surface area contributed by atoms with E-state index in [0.717, 1.165) is 7.11 Å². The van der Waals surface area contributed by atoms with Crippen LogP contribution in [0.1, 0.15) is 19.8 Å². The first-order valence-corrected chi connectivity index (χ1v) is 5.16. The molecule has 0 fully saturated rings. The van der Waals surface area contributed by atoms with Crippen molar-refractivity contribution in [2.24, 2.45) is 0 Å². The lowest BCUT2D eigenvalue weighted by atomic mass is 10.1. The number of hydrogen-bond donors (Lipinski definition) is 0. The van der Waals surface area contributed by atoms with Gasteiger partial charge in [0.25, 0.3) is 5.78 Å². The topological polar surface area (TPSA) is 89.0 Å². The molecule has 0 heterocycles. The largest absolute Gasteiger partial charge is 0.460 e. The Morgan fingerprint density at radius 1 is 1.53 bits per heavy atom. The van der Waals surface area contributed by atoms with Gasteiger partial charge in [0.05, 0.1) is 19.8 Å². The van der Waals surface area contributed by atoms with Crippen LogP contribution in [-0.2, 0) is 19.1 Å². The van der Waals surface area contributed by atoms with Crippen molar-refractivity contribution in [2.75, 3.05) is 13.7 Å². The molecule has 0 aromatic heterocycles. The highest BCUT2D eigenvalue weighted by Crippen LogP contribution is 2.05. The molecule has 0 radical (unpaired) electrons. The number of ether oxygens (including phenoxy) is 2. The molecular weight excluding hydrogens is 224 g/mol. The van der Waals surface area contributed by atoms with Gasteiger partial charge in [-0.25, -0.2) is 4.79 Å². The van der Waals surface area contributed by atoms with E-state index in [2.05, 4.69) is 16.1 Å². The Hall–Kier alpha value is -1.78. The van der Waals surface area contributed by atoms with E-state index in [1.165, 1.54) is 0 Å². The number of nitrogens with zero attached hydrogens (tertiary/aromatic N) is 2. The van der Waals surface area contributed by atoms with Gasteiger partial charge in [-0.3, -0.25) is 4.79 Å². The molecule has 0 N–H and O–H groups in total. The van der Waals surface area contributed by atoms with Gasteiger partial charge in [0.1, 0.15) is 0 Å². The lowest BCUT2D eigenvalue weighted by Crippen LogP contribution is -2.30. The number of methoxy groups -OCH3 is 1. The van der Waals surface area contributed by atoms with Crippen LogP contribution in [0.15, 0.2) is 12.7 Å². The predicted octanol–water partition coefficient (Wildman–Crippen LogP) is 0.771. The molecule has 1 atom stereocenters. The molecule has 94 valence electrons. The van der Waals surface area contributed by atoms with Gasteiger partial charge >= 0.3 is 11.7 Å². The first kappa shape index (κ1) is 15.2. The Morgan fingerprint density at radius 3 is 2.59 bits per heavy atom. The maximum absolute atomic E-state index is 11.6. The molecule has 6 heteroatoms. The molecule has 0 amide bonds. The molecule has 0 aliphatic rings. The SMILES string of the molecule is C=CCO[C@@H](CC)CC(=O)C(=[N+]=[N-])C(=O)OC. The lowest BCUT2D eigenvalue weighted by molar-refractivity contribution is -0.140. The summed E-state index contributed by atoms with van der Waals surface area (Å²) < 4.78 is 9.60. The van der Waals surface area contributed by atoms with Crippen LogP contribution in [-0.4, -0.2) is 42.1 Å². The maximum atomic E-state index is 11.6. The van der Waals surface area contributed by atoms with E-state index in [1.54, 1.807) is 6.08 Å². The van der Waals surface area contributed by atoms with Gasteiger partial charge in [0, 0.05) is 6.42 Å². The summed E-state index contributed by atoms with van der Waals surface area (Å²) in [5.74, 6) is -1.58. The van der Waals surface area contributed by atoms with Gasteiger partial charge in [0.2, 0.25) is 0 Å². The van der Waals surface area contributed by atoms with E-state index in [0.29, 0.717) is 13.0 Å². The Labute approximate surface area is 99.8 Å². The second-order valence-electron chi connectivity index (χ2n) is 3.22. The summed E-state index contributed by atoms with van der Waals surface area (Å²) in [6, 6.07) is 0. The fraction of sp³-hybridized carbons (Fsp3) is 0.545. The number of carbonyl (C=O) groups is 2. The minimum Gasteiger partial charge on any atom is -0.460 e. The highest BCUT2D eigenvalue weighted by atomic mass is 16.5. The van der Waals surface area contributed by atoms with E-state index in [-0.39, 0.29) is 12.5 Å². The molecule has 0 aromatic rings. The van der Waals surface area contributed by atoms with Crippen molar-refractivity contribution >= 4 is 17.5 Å². The van der Waals surface area contributed by atoms with Crippen molar-refractivity contribution in [2.45, 2.75) is 25.9 Å². The van der Waals surface area contributed by atoms with Gasteiger partial charge < -0.3 is 15.0 Å². The van der Waals surface area contributed by atoms with Crippen LogP contribution in [0.5, 0.6) is 0 Å². The number of esters is 1. The van der Waals surface area contributed by atoms with Crippen LogP contribution in [0.2, 0.25) is 0 Å². The summed E-state index contributed by atoms with van der Waals surface area (Å²) in [6.45, 7) is 5.65. The molecule has 0 aromatic carbocycles. The number of carbonyl (C=O) groups excluding carboxylic acids is 2. The predicted molar refractivity (Wildman–Crippen MR) is 60.5 cm³/mol. The molecule has 6 nitrogen and oxygen atoms in total. The fourth-order valence-electron chi connectivity index (χ4n) is 1.14. The molecular formula is C11H16N2O4. The minimum absolute atomic E-state index is 0.0428. The Morgan fingerprint density at radius 2 is 2.18 bits per heavy atom. The normalized spacial score (nSPS) is 11.2. The van der Waals surface area contributed by atoms with Crippen molar-refractivity contribution < 1.29 is 23.9 Å². The molecule has 0 spiro atoms. The summed E-state index contributed by atoms with van der Waals surface area (Å²) >= 11 is 0. The van der Waals surface area contributed by atoms with Gasteiger partial charge in [-0.05, 0) is 6.42 Å². The molecule has 0 bridgehead atoms. The average Bonchev–Trinajstić information content (AvgIpc) is 2.34. The second kappa shape index (κ2) is 8.38. The highest BCUT2D eigenvalue weighted by Gasteiger charge is 2.31. The monoisotopic (exact) mass is 240 g/mol. The van der Waals surface area contributed by atoms with E-state index in [1.807, 2.05) is 6.92 Å². The van der Waals surface area contributed by atoms with E-state index >= 15 is 0 Å². The second-order valence-corrected chi connectivity index (χ2v) is 3.22. The number of hydrogen-bond acceptors (Lipinski definition) is 4. The van der Waals surface area contributed by atoms with Crippen molar-refractivity contribution in [1.29, 1.82) is 0 Å². The summed E-state index contributed by atoms with van der Waals surface area (Å²) in [7, 11) is 1.10. The summed E-state index contributed by atoms with van der Waals surface area (Å²) in [4.78, 5) is 25.3. The summed E-state index contributed by atoms with van der Waals surface area (Å²) in [6.07, 6.45) is 1.77. The van der Waals surface area contributed by atoms with Crippen LogP contribution < -0.4 is 0 Å². The zero-order chi connectivity index (χ0) is 13.3. The average molecular weight is 240 g/mol. The van der Waals surface area contributed by atoms with E-state index < -0.39 is 17.5 Å². The molecule has 0 aliphatic carbocycles. The maximum Gasteiger partial charge on any atom is 0.441 e. The summed E-state index contributed by atoms with van der Waals surface area (Å²) in [5.41, 5.74) is 7.95. The lowest BCUT2D eigenvalue weighted by Gasteiger charge is -2.12. The smallest absolute Gasteiger partial charge is 0.441 e. The number of rotatable bonds is 8. The standard InChI is InChI=1S/C11H16N2O4/c1-4-6-17-8(5-2)7-9(14)10(13-12)11(15)16-3/h4,8H,1,5-7H2,2-3H3/t8-/m0/s1. The first-order valence-electron chi connectivity index (χ1n) is 5.16. The zero-order valence-corrected chi connectivity index (χ0v) is 10.0. The molecule has 17 heavy (non-hydrogen) atoms. The Bertz CT molecular complexity index is 345. The van der Waals surface area contributed by atoms with Crippen LogP contribution in [0, 0.1) is 0 Å². The Balaban J connectivity index is 4.54. The molecule has 0 saturated carbocycles. The molecule has 0 saturated heterocycles. The van der Waals surface area contributed by atoms with E-state index in [4.69, 9.17) is 10.3 Å². The van der Waals surface area contributed by atoms with Crippen LogP contribution in [0.4, 0.5) is 0 Å². The fourth-order valence-corrected chi connectivity index (χ4v) is 1.14. The Kier molecular flexibility index (Phi) is 7.50. The van der Waals surface area contributed by atoms with Crippen molar-refractivity contribution in [3.63, 3.8) is 0 Å². The van der Waals surface area contributed by atoms with Crippen molar-refractivity contribution in [1.82, 2.24) is 0 Å². The van der Waals surface area contributed by atoms with Gasteiger partial charge in [0.15, 0.2) is 0 Å². The number of Topliss-reactive ketones (excluding diaryl/α,β-unsaturated/α-hetero) is 1. The number of ketones is 1. The van der Waals surface area contributed by atoms with Gasteiger partial charge in [-0.2, -0.15) is 4.79 Å². The first-order chi connectivity index (χ1) is 8.10. The third kappa shape index (κ3) is 5.19. The highest BCUT2D eigenvalue weighted by molar-refractivity contribution is 6.62. The molecule has 0 aliphatic heterocycles. The van der Waals surface area contributed by atoms with Crippen LogP contribution >= 0.6 is 0 Å². The minimum atomic E-state index is -0.962. The van der Waals surface area contributed by atoms with Crippen molar-refractivity contribution in [3.05, 3.63) is 18.2 Å². The van der Waals surface area contributed by atoms with Crippen LogP contribution in [0.3, 0.4) is 0 Å². The quantitative estimate of drug-likeness (QED) is 0.156. The third-order valence-corrected chi connectivity index (χ3v) is 2.06. The van der Waals surface area contributed by atoms with E-state index in [9.17, 15) is 9.59 Å². The van der Waals surface area contributed by atoms with Gasteiger partial charge in [-0.15, -0.1) is 6.58 Å². The molecule has 0 rings (SSSR count). The zero-order valence-electron chi connectivity index (χ0n) is 10.0. The third-order valence-electron chi connectivity index (χ3n) is 2.06.